The summed E-state index contributed by atoms with van der Waals surface area (Å²) in [7, 11) is 0. The third kappa shape index (κ3) is 2.25. The van der Waals surface area contributed by atoms with E-state index in [1.165, 1.54) is 11.1 Å². The highest BCUT2D eigenvalue weighted by atomic mass is 16.2. The topological polar surface area (TPSA) is 70.7 Å². The third-order valence-electron chi connectivity index (χ3n) is 3.23. The summed E-state index contributed by atoms with van der Waals surface area (Å²) in [4.78, 5) is 23.5. The van der Waals surface area contributed by atoms with Crippen molar-refractivity contribution in [2.45, 2.75) is 13.8 Å². The van der Waals surface area contributed by atoms with Gasteiger partial charge in [-0.25, -0.2) is 4.98 Å². The Morgan fingerprint density at radius 1 is 1.20 bits per heavy atom. The Morgan fingerprint density at radius 3 is 2.75 bits per heavy atom. The highest BCUT2D eigenvalue weighted by Crippen LogP contribution is 2.19. The van der Waals surface area contributed by atoms with Crippen molar-refractivity contribution in [1.82, 2.24) is 15.0 Å². The number of hydrogen-bond acceptors (Lipinski definition) is 3. The number of carbonyl (C=O) groups is 1. The molecule has 0 fully saturated rings. The van der Waals surface area contributed by atoms with Gasteiger partial charge in [0.05, 0.1) is 11.0 Å². The van der Waals surface area contributed by atoms with Crippen LogP contribution in [0.5, 0.6) is 0 Å². The molecule has 0 aliphatic rings. The van der Waals surface area contributed by atoms with Gasteiger partial charge in [-0.1, -0.05) is 6.07 Å². The minimum atomic E-state index is -0.280. The molecule has 0 atom stereocenters. The summed E-state index contributed by atoms with van der Waals surface area (Å²) in [5.74, 6) is 0.152. The molecule has 3 aromatic rings. The molecule has 0 saturated heterocycles. The van der Waals surface area contributed by atoms with Crippen molar-refractivity contribution in [3.63, 3.8) is 0 Å². The van der Waals surface area contributed by atoms with Gasteiger partial charge in [0.25, 0.3) is 5.91 Å². The van der Waals surface area contributed by atoms with E-state index in [0.717, 1.165) is 11.0 Å². The standard InChI is InChI=1S/C15H14N4O/c1-9-7-12-13(8-10(9)2)18-15(17-12)19-14(20)11-5-3-4-6-16-11/h3-8H,1-2H3,(H2,17,18,19,20). The van der Waals surface area contributed by atoms with Crippen molar-refractivity contribution in [3.05, 3.63) is 53.3 Å². The first-order valence-corrected chi connectivity index (χ1v) is 6.33. The van der Waals surface area contributed by atoms with Gasteiger partial charge in [0.15, 0.2) is 0 Å². The lowest BCUT2D eigenvalue weighted by atomic mass is 10.1. The smallest absolute Gasteiger partial charge is 0.276 e. The number of rotatable bonds is 2. The molecule has 0 spiro atoms. The minimum Gasteiger partial charge on any atom is -0.324 e. The van der Waals surface area contributed by atoms with Crippen LogP contribution in [0, 0.1) is 13.8 Å². The van der Waals surface area contributed by atoms with Gasteiger partial charge in [-0.15, -0.1) is 0 Å². The van der Waals surface area contributed by atoms with E-state index in [0.29, 0.717) is 11.6 Å². The molecule has 1 aromatic carbocycles. The lowest BCUT2D eigenvalue weighted by molar-refractivity contribution is 0.102. The first kappa shape index (κ1) is 12.3. The van der Waals surface area contributed by atoms with Crippen molar-refractivity contribution in [2.75, 3.05) is 5.32 Å². The molecule has 0 unspecified atom stereocenters. The Kier molecular flexibility index (Phi) is 2.95. The Labute approximate surface area is 116 Å². The van der Waals surface area contributed by atoms with Gasteiger partial charge in [-0.05, 0) is 49.2 Å². The molecule has 5 heteroatoms. The number of benzene rings is 1. The number of imidazole rings is 1. The van der Waals surface area contributed by atoms with Crippen molar-refractivity contribution >= 4 is 22.9 Å². The van der Waals surface area contributed by atoms with E-state index in [9.17, 15) is 4.79 Å². The van der Waals surface area contributed by atoms with Crippen LogP contribution in [0.4, 0.5) is 5.95 Å². The maximum Gasteiger partial charge on any atom is 0.276 e. The summed E-state index contributed by atoms with van der Waals surface area (Å²) in [6, 6.07) is 9.22. The zero-order valence-corrected chi connectivity index (χ0v) is 11.3. The second-order valence-corrected chi connectivity index (χ2v) is 4.71. The number of aromatic nitrogens is 3. The Hall–Kier alpha value is -2.69. The van der Waals surface area contributed by atoms with Crippen LogP contribution in [0.3, 0.4) is 0 Å². The molecule has 2 N–H and O–H groups in total. The van der Waals surface area contributed by atoms with E-state index in [4.69, 9.17) is 0 Å². The number of aryl methyl sites for hydroxylation is 2. The number of hydrogen-bond donors (Lipinski definition) is 2. The number of aromatic amines is 1. The molecule has 100 valence electrons. The van der Waals surface area contributed by atoms with Crippen LogP contribution in [0.15, 0.2) is 36.5 Å². The van der Waals surface area contributed by atoms with Crippen LogP contribution in [0.2, 0.25) is 0 Å². The first-order valence-electron chi connectivity index (χ1n) is 6.33. The molecule has 3 rings (SSSR count). The fraction of sp³-hybridized carbons (Fsp3) is 0.133. The van der Waals surface area contributed by atoms with E-state index in [-0.39, 0.29) is 5.91 Å². The normalized spacial score (nSPS) is 10.7. The zero-order chi connectivity index (χ0) is 14.1. The van der Waals surface area contributed by atoms with E-state index >= 15 is 0 Å². The molecule has 1 amide bonds. The van der Waals surface area contributed by atoms with Crippen LogP contribution in [-0.2, 0) is 0 Å². The number of anilines is 1. The van der Waals surface area contributed by atoms with Gasteiger partial charge < -0.3 is 4.98 Å². The average Bonchev–Trinajstić information content (AvgIpc) is 2.81. The Morgan fingerprint density at radius 2 is 2.00 bits per heavy atom. The summed E-state index contributed by atoms with van der Waals surface area (Å²) in [6.07, 6.45) is 1.58. The van der Waals surface area contributed by atoms with Crippen LogP contribution < -0.4 is 5.32 Å². The molecule has 0 saturated carbocycles. The molecule has 0 radical (unpaired) electrons. The quantitative estimate of drug-likeness (QED) is 0.749. The van der Waals surface area contributed by atoms with Crippen molar-refractivity contribution in [3.8, 4) is 0 Å². The van der Waals surface area contributed by atoms with Gasteiger partial charge in [0.1, 0.15) is 5.69 Å². The largest absolute Gasteiger partial charge is 0.324 e. The van der Waals surface area contributed by atoms with Gasteiger partial charge in [0, 0.05) is 6.20 Å². The number of nitrogens with one attached hydrogen (secondary N) is 2. The molecular formula is C15H14N4O. The molecule has 0 bridgehead atoms. The molecule has 20 heavy (non-hydrogen) atoms. The molecule has 2 aromatic heterocycles. The van der Waals surface area contributed by atoms with Gasteiger partial charge >= 0.3 is 0 Å². The molecule has 0 aliphatic carbocycles. The Balaban J connectivity index is 1.90. The molecule has 2 heterocycles. The molecular weight excluding hydrogens is 252 g/mol. The predicted octanol–water partition coefficient (Wildman–Crippen LogP) is 2.83. The first-order chi connectivity index (χ1) is 9.63. The lowest BCUT2D eigenvalue weighted by Crippen LogP contribution is -2.14. The lowest BCUT2D eigenvalue weighted by Gasteiger charge is -1.99. The molecule has 5 nitrogen and oxygen atoms in total. The number of fused-ring (bicyclic) bond motifs is 1. The SMILES string of the molecule is Cc1cc2nc(NC(=O)c3ccccn3)[nH]c2cc1C. The second-order valence-electron chi connectivity index (χ2n) is 4.71. The zero-order valence-electron chi connectivity index (χ0n) is 11.3. The fourth-order valence-corrected chi connectivity index (χ4v) is 2.00. The second kappa shape index (κ2) is 4.77. The summed E-state index contributed by atoms with van der Waals surface area (Å²) in [5, 5.41) is 2.72. The van der Waals surface area contributed by atoms with Crippen molar-refractivity contribution in [1.29, 1.82) is 0 Å². The summed E-state index contributed by atoms with van der Waals surface area (Å²) in [5.41, 5.74) is 4.46. The number of carbonyl (C=O) groups excluding carboxylic acids is 1. The van der Waals surface area contributed by atoms with E-state index in [2.05, 4.69) is 20.3 Å². The van der Waals surface area contributed by atoms with Crippen molar-refractivity contribution < 1.29 is 4.79 Å². The number of amides is 1. The summed E-state index contributed by atoms with van der Waals surface area (Å²) >= 11 is 0. The van der Waals surface area contributed by atoms with E-state index < -0.39 is 0 Å². The van der Waals surface area contributed by atoms with Crippen LogP contribution >= 0.6 is 0 Å². The third-order valence-corrected chi connectivity index (χ3v) is 3.23. The minimum absolute atomic E-state index is 0.280. The monoisotopic (exact) mass is 266 g/mol. The van der Waals surface area contributed by atoms with Crippen LogP contribution in [-0.4, -0.2) is 20.9 Å². The number of H-pyrrole nitrogens is 1. The highest BCUT2D eigenvalue weighted by molar-refractivity contribution is 6.02. The fourth-order valence-electron chi connectivity index (χ4n) is 2.00. The maximum absolute atomic E-state index is 12.0. The number of pyridine rings is 1. The van der Waals surface area contributed by atoms with E-state index in [1.54, 1.807) is 24.4 Å². The van der Waals surface area contributed by atoms with Gasteiger partial charge in [0.2, 0.25) is 5.95 Å². The Bertz CT molecular complexity index is 738. The predicted molar refractivity (Wildman–Crippen MR) is 77.8 cm³/mol. The van der Waals surface area contributed by atoms with Gasteiger partial charge in [-0.3, -0.25) is 15.1 Å². The van der Waals surface area contributed by atoms with Crippen LogP contribution in [0.1, 0.15) is 21.6 Å². The summed E-state index contributed by atoms with van der Waals surface area (Å²) < 4.78 is 0. The number of nitrogens with zero attached hydrogens (tertiary/aromatic N) is 2. The molecule has 0 aliphatic heterocycles. The summed E-state index contributed by atoms with van der Waals surface area (Å²) in [6.45, 7) is 4.08. The van der Waals surface area contributed by atoms with Gasteiger partial charge in [-0.2, -0.15) is 0 Å². The van der Waals surface area contributed by atoms with E-state index in [1.807, 2.05) is 26.0 Å². The highest BCUT2D eigenvalue weighted by Gasteiger charge is 2.10. The maximum atomic E-state index is 12.0. The van der Waals surface area contributed by atoms with Crippen LogP contribution in [0.25, 0.3) is 11.0 Å². The van der Waals surface area contributed by atoms with Crippen molar-refractivity contribution in [2.24, 2.45) is 0 Å². The average molecular weight is 266 g/mol.